The van der Waals surface area contributed by atoms with Crippen LogP contribution >= 0.6 is 11.6 Å². The van der Waals surface area contributed by atoms with E-state index in [4.69, 9.17) is 16.3 Å². The van der Waals surface area contributed by atoms with Crippen molar-refractivity contribution in [3.63, 3.8) is 0 Å². The molecule has 1 N–H and O–H groups in total. The highest BCUT2D eigenvalue weighted by Gasteiger charge is 2.34. The second-order valence-electron chi connectivity index (χ2n) is 6.88. The lowest BCUT2D eigenvalue weighted by molar-refractivity contribution is -0.137. The number of hydrogen-bond donors (Lipinski definition) is 1. The third-order valence-electron chi connectivity index (χ3n) is 4.40. The molecule has 2 aromatic carbocycles. The Bertz CT molecular complexity index is 1060. The fourth-order valence-corrected chi connectivity index (χ4v) is 3.71. The molecule has 2 rings (SSSR count). The van der Waals surface area contributed by atoms with Crippen LogP contribution in [0.2, 0.25) is 5.02 Å². The van der Waals surface area contributed by atoms with Crippen LogP contribution in [0.1, 0.15) is 16.7 Å². The van der Waals surface area contributed by atoms with Crippen LogP contribution in [0.15, 0.2) is 36.4 Å². The van der Waals surface area contributed by atoms with Crippen LogP contribution in [0.4, 0.5) is 18.9 Å². The molecule has 0 heterocycles. The van der Waals surface area contributed by atoms with E-state index < -0.39 is 39.2 Å². The molecule has 0 aromatic heterocycles. The number of carbonyl (C=O) groups excluding carboxylic acids is 1. The van der Waals surface area contributed by atoms with Gasteiger partial charge in [-0.3, -0.25) is 9.10 Å². The zero-order valence-corrected chi connectivity index (χ0v) is 18.7. The fraction of sp³-hybridized carbons (Fsp3) is 0.350. The molecular formula is C20H22ClF3N2O4S. The molecule has 1 amide bonds. The first-order chi connectivity index (χ1) is 14.3. The second-order valence-corrected chi connectivity index (χ2v) is 9.19. The number of benzene rings is 2. The first-order valence-electron chi connectivity index (χ1n) is 9.10. The smallest absolute Gasteiger partial charge is 0.417 e. The predicted octanol–water partition coefficient (Wildman–Crippen LogP) is 3.94. The summed E-state index contributed by atoms with van der Waals surface area (Å²) in [6.45, 7) is 3.42. The van der Waals surface area contributed by atoms with Crippen molar-refractivity contribution in [2.45, 2.75) is 20.0 Å². The van der Waals surface area contributed by atoms with Crippen molar-refractivity contribution < 1.29 is 31.1 Å². The summed E-state index contributed by atoms with van der Waals surface area (Å²) in [5.41, 5.74) is 0.646. The van der Waals surface area contributed by atoms with Crippen LogP contribution in [-0.2, 0) is 21.0 Å². The number of aryl methyl sites for hydroxylation is 2. The van der Waals surface area contributed by atoms with Gasteiger partial charge in [0.2, 0.25) is 15.9 Å². The summed E-state index contributed by atoms with van der Waals surface area (Å²) in [7, 11) is -4.04. The van der Waals surface area contributed by atoms with E-state index in [-0.39, 0.29) is 18.8 Å². The minimum atomic E-state index is -4.77. The Kier molecular flexibility index (Phi) is 7.82. The van der Waals surface area contributed by atoms with E-state index in [1.54, 1.807) is 6.07 Å². The quantitative estimate of drug-likeness (QED) is 0.583. The summed E-state index contributed by atoms with van der Waals surface area (Å²) in [6, 6.07) is 8.17. The average molecular weight is 479 g/mol. The molecule has 0 bridgehead atoms. The van der Waals surface area contributed by atoms with Gasteiger partial charge in [0.05, 0.1) is 29.1 Å². The third kappa shape index (κ3) is 7.03. The van der Waals surface area contributed by atoms with E-state index in [0.717, 1.165) is 29.5 Å². The Morgan fingerprint density at radius 1 is 1.13 bits per heavy atom. The van der Waals surface area contributed by atoms with Crippen molar-refractivity contribution >= 4 is 33.2 Å². The minimum Gasteiger partial charge on any atom is -0.492 e. The van der Waals surface area contributed by atoms with Gasteiger partial charge in [0.1, 0.15) is 18.9 Å². The van der Waals surface area contributed by atoms with E-state index in [9.17, 15) is 26.4 Å². The predicted molar refractivity (Wildman–Crippen MR) is 113 cm³/mol. The van der Waals surface area contributed by atoms with Crippen molar-refractivity contribution in [1.29, 1.82) is 0 Å². The molecule has 0 atom stereocenters. The molecule has 0 fully saturated rings. The summed E-state index contributed by atoms with van der Waals surface area (Å²) in [6.07, 6.45) is -3.98. The lowest BCUT2D eigenvalue weighted by Crippen LogP contribution is -2.41. The molecule has 11 heteroatoms. The molecule has 0 aliphatic carbocycles. The van der Waals surface area contributed by atoms with Gasteiger partial charge in [-0.25, -0.2) is 8.42 Å². The highest BCUT2D eigenvalue weighted by Crippen LogP contribution is 2.37. The molecule has 170 valence electrons. The molecule has 0 unspecified atom stereocenters. The zero-order chi connectivity index (χ0) is 23.4. The van der Waals surface area contributed by atoms with Gasteiger partial charge in [-0.1, -0.05) is 17.7 Å². The lowest BCUT2D eigenvalue weighted by atomic mass is 10.1. The van der Waals surface area contributed by atoms with Gasteiger partial charge >= 0.3 is 6.18 Å². The largest absolute Gasteiger partial charge is 0.492 e. The Balaban J connectivity index is 2.03. The van der Waals surface area contributed by atoms with Gasteiger partial charge in [-0.2, -0.15) is 13.2 Å². The van der Waals surface area contributed by atoms with Crippen LogP contribution in [0.25, 0.3) is 0 Å². The molecule has 0 aliphatic rings. The number of halogens is 4. The number of rotatable bonds is 8. The van der Waals surface area contributed by atoms with E-state index >= 15 is 0 Å². The summed E-state index contributed by atoms with van der Waals surface area (Å²) in [5, 5.41) is 1.92. The molecule has 31 heavy (non-hydrogen) atoms. The number of alkyl halides is 3. The Labute approximate surface area is 184 Å². The van der Waals surface area contributed by atoms with Gasteiger partial charge in [0.15, 0.2) is 0 Å². The zero-order valence-electron chi connectivity index (χ0n) is 17.1. The molecule has 2 aromatic rings. The summed E-state index contributed by atoms with van der Waals surface area (Å²) < 4.78 is 69.6. The fourth-order valence-electron chi connectivity index (χ4n) is 2.64. The molecule has 0 saturated heterocycles. The van der Waals surface area contributed by atoms with Gasteiger partial charge < -0.3 is 10.1 Å². The van der Waals surface area contributed by atoms with Crippen molar-refractivity contribution in [3.8, 4) is 5.75 Å². The number of carbonyl (C=O) groups is 1. The molecule has 0 aliphatic heterocycles. The van der Waals surface area contributed by atoms with E-state index in [2.05, 4.69) is 5.32 Å². The second kappa shape index (κ2) is 9.78. The maximum Gasteiger partial charge on any atom is 0.417 e. The average Bonchev–Trinajstić information content (AvgIpc) is 2.65. The van der Waals surface area contributed by atoms with Crippen LogP contribution in [-0.4, -0.2) is 40.3 Å². The topological polar surface area (TPSA) is 75.7 Å². The molecule has 0 saturated carbocycles. The first kappa shape index (κ1) is 24.8. The van der Waals surface area contributed by atoms with Gasteiger partial charge in [0, 0.05) is 0 Å². The number of amides is 1. The summed E-state index contributed by atoms with van der Waals surface area (Å²) in [4.78, 5) is 12.2. The Hall–Kier alpha value is -2.46. The number of hydrogen-bond acceptors (Lipinski definition) is 4. The van der Waals surface area contributed by atoms with E-state index in [1.807, 2.05) is 26.0 Å². The van der Waals surface area contributed by atoms with Gasteiger partial charge in [-0.15, -0.1) is 0 Å². The SMILES string of the molecule is Cc1ccc(OCCNC(=O)CN(c2ccc(Cl)c(C(F)(F)F)c2)S(C)(=O)=O)cc1C. The summed E-state index contributed by atoms with van der Waals surface area (Å²) in [5.74, 6) is -0.0754. The van der Waals surface area contributed by atoms with Crippen LogP contribution in [0, 0.1) is 13.8 Å². The minimum absolute atomic E-state index is 0.0811. The number of ether oxygens (including phenoxy) is 1. The van der Waals surface area contributed by atoms with Crippen molar-refractivity contribution in [2.24, 2.45) is 0 Å². The lowest BCUT2D eigenvalue weighted by Gasteiger charge is -2.23. The normalized spacial score (nSPS) is 11.8. The van der Waals surface area contributed by atoms with Crippen molar-refractivity contribution in [3.05, 3.63) is 58.1 Å². The Morgan fingerprint density at radius 2 is 1.81 bits per heavy atom. The molecular weight excluding hydrogens is 457 g/mol. The van der Waals surface area contributed by atoms with Gasteiger partial charge in [-0.05, 0) is 55.3 Å². The monoisotopic (exact) mass is 478 g/mol. The standard InChI is InChI=1S/C20H22ClF3N2O4S/c1-13-4-6-16(10-14(13)2)30-9-8-25-19(27)12-26(31(3,28)29)15-5-7-18(21)17(11-15)20(22,23)24/h4-7,10-11H,8-9,12H2,1-3H3,(H,25,27). The van der Waals surface area contributed by atoms with Crippen LogP contribution in [0.5, 0.6) is 5.75 Å². The number of sulfonamides is 1. The molecule has 6 nitrogen and oxygen atoms in total. The number of anilines is 1. The van der Waals surface area contributed by atoms with E-state index in [1.165, 1.54) is 0 Å². The molecule has 0 radical (unpaired) electrons. The first-order valence-corrected chi connectivity index (χ1v) is 11.3. The Morgan fingerprint density at radius 3 is 2.39 bits per heavy atom. The van der Waals surface area contributed by atoms with Crippen molar-refractivity contribution in [1.82, 2.24) is 5.32 Å². The molecule has 0 spiro atoms. The highest BCUT2D eigenvalue weighted by atomic mass is 35.5. The van der Waals surface area contributed by atoms with Crippen LogP contribution in [0.3, 0.4) is 0 Å². The number of nitrogens with zero attached hydrogens (tertiary/aromatic N) is 1. The third-order valence-corrected chi connectivity index (χ3v) is 5.87. The maximum atomic E-state index is 13.1. The number of nitrogens with one attached hydrogen (secondary N) is 1. The van der Waals surface area contributed by atoms with Gasteiger partial charge in [0.25, 0.3) is 0 Å². The summed E-state index contributed by atoms with van der Waals surface area (Å²) >= 11 is 5.58. The maximum absolute atomic E-state index is 13.1. The van der Waals surface area contributed by atoms with Crippen molar-refractivity contribution in [2.75, 3.05) is 30.3 Å². The van der Waals surface area contributed by atoms with E-state index in [0.29, 0.717) is 16.1 Å². The van der Waals surface area contributed by atoms with Crippen LogP contribution < -0.4 is 14.4 Å². The highest BCUT2D eigenvalue weighted by molar-refractivity contribution is 7.92.